The minimum absolute atomic E-state index is 0.163. The number of hydrogen-bond acceptors (Lipinski definition) is 4. The summed E-state index contributed by atoms with van der Waals surface area (Å²) in [7, 11) is 0. The van der Waals surface area contributed by atoms with Gasteiger partial charge in [-0.3, -0.25) is 14.4 Å². The first kappa shape index (κ1) is 17.4. The van der Waals surface area contributed by atoms with E-state index in [1.54, 1.807) is 43.0 Å². The van der Waals surface area contributed by atoms with Crippen LogP contribution in [0.3, 0.4) is 0 Å². The van der Waals surface area contributed by atoms with Crippen LogP contribution in [0.2, 0.25) is 0 Å². The molecule has 7 nitrogen and oxygen atoms in total. The molecule has 7 heteroatoms. The number of carboxylic acids is 1. The molecule has 0 spiro atoms. The Morgan fingerprint density at radius 2 is 1.80 bits per heavy atom. The molecule has 3 rings (SSSR count). The van der Waals surface area contributed by atoms with Crippen molar-refractivity contribution >= 4 is 23.5 Å². The standard InChI is InChI=1S/C18H22N2O5/c1-18(2)13(14(18)17(23)24)15(21)19-12-6-4-3-5-11(12)16(22)20-7-9-25-10-8-20/h3-6,13-14H,7-10H2,1-2H3,(H,19,21)(H,23,24)/t13-,14-/m1/s1. The van der Waals surface area contributed by atoms with E-state index < -0.39 is 23.2 Å². The topological polar surface area (TPSA) is 95.9 Å². The summed E-state index contributed by atoms with van der Waals surface area (Å²) >= 11 is 0. The number of carbonyl (C=O) groups is 3. The predicted octanol–water partition coefficient (Wildman–Crippen LogP) is 1.45. The zero-order valence-electron chi connectivity index (χ0n) is 14.3. The lowest BCUT2D eigenvalue weighted by Gasteiger charge is -2.27. The zero-order chi connectivity index (χ0) is 18.2. The van der Waals surface area contributed by atoms with Crippen molar-refractivity contribution in [3.8, 4) is 0 Å². The zero-order valence-corrected chi connectivity index (χ0v) is 14.3. The first-order valence-electron chi connectivity index (χ1n) is 8.33. The highest BCUT2D eigenvalue weighted by atomic mass is 16.5. The van der Waals surface area contributed by atoms with Crippen LogP contribution in [0.25, 0.3) is 0 Å². The van der Waals surface area contributed by atoms with Gasteiger partial charge in [0.25, 0.3) is 5.91 Å². The van der Waals surface area contributed by atoms with E-state index >= 15 is 0 Å². The number of carboxylic acid groups (broad SMARTS) is 1. The summed E-state index contributed by atoms with van der Waals surface area (Å²) in [6, 6.07) is 6.81. The molecular formula is C18H22N2O5. The summed E-state index contributed by atoms with van der Waals surface area (Å²) in [4.78, 5) is 38.2. The lowest BCUT2D eigenvalue weighted by atomic mass is 10.1. The number of nitrogens with one attached hydrogen (secondary N) is 1. The van der Waals surface area contributed by atoms with Gasteiger partial charge in [-0.15, -0.1) is 0 Å². The number of nitrogens with zero attached hydrogens (tertiary/aromatic N) is 1. The summed E-state index contributed by atoms with van der Waals surface area (Å²) in [5.74, 6) is -2.79. The Kier molecular flexibility index (Phi) is 4.51. The minimum atomic E-state index is -0.970. The maximum Gasteiger partial charge on any atom is 0.307 e. The summed E-state index contributed by atoms with van der Waals surface area (Å²) in [5, 5.41) is 12.0. The van der Waals surface area contributed by atoms with E-state index in [2.05, 4.69) is 5.32 Å². The quantitative estimate of drug-likeness (QED) is 0.860. The highest BCUT2D eigenvalue weighted by Gasteiger charge is 2.65. The van der Waals surface area contributed by atoms with Crippen molar-refractivity contribution in [2.45, 2.75) is 13.8 Å². The second kappa shape index (κ2) is 6.48. The Hall–Kier alpha value is -2.41. The molecule has 2 N–H and O–H groups in total. The van der Waals surface area contributed by atoms with Crippen molar-refractivity contribution in [2.24, 2.45) is 17.3 Å². The van der Waals surface area contributed by atoms with E-state index in [-0.39, 0.29) is 11.8 Å². The molecule has 0 unspecified atom stereocenters. The molecule has 1 aliphatic heterocycles. The average molecular weight is 346 g/mol. The molecule has 0 bridgehead atoms. The number of hydrogen-bond donors (Lipinski definition) is 2. The number of ether oxygens (including phenoxy) is 1. The van der Waals surface area contributed by atoms with E-state index in [1.165, 1.54) is 0 Å². The van der Waals surface area contributed by atoms with Crippen molar-refractivity contribution in [1.82, 2.24) is 4.90 Å². The molecule has 2 atom stereocenters. The normalized spacial score (nSPS) is 24.5. The lowest BCUT2D eigenvalue weighted by Crippen LogP contribution is -2.41. The number of rotatable bonds is 4. The van der Waals surface area contributed by atoms with Gasteiger partial charge in [0.2, 0.25) is 5.91 Å². The highest BCUT2D eigenvalue weighted by Crippen LogP contribution is 2.58. The third-order valence-electron chi connectivity index (χ3n) is 5.09. The molecule has 1 heterocycles. The molecule has 25 heavy (non-hydrogen) atoms. The van der Waals surface area contributed by atoms with Crippen LogP contribution in [0.1, 0.15) is 24.2 Å². The molecular weight excluding hydrogens is 324 g/mol. The second-order valence-electron chi connectivity index (χ2n) is 7.05. The molecule has 134 valence electrons. The number of amides is 2. The van der Waals surface area contributed by atoms with Gasteiger partial charge in [0.1, 0.15) is 0 Å². The monoisotopic (exact) mass is 346 g/mol. The largest absolute Gasteiger partial charge is 0.481 e. The number of aliphatic carboxylic acids is 1. The smallest absolute Gasteiger partial charge is 0.307 e. The van der Waals surface area contributed by atoms with Crippen molar-refractivity contribution < 1.29 is 24.2 Å². The first-order chi connectivity index (χ1) is 11.8. The number of benzene rings is 1. The van der Waals surface area contributed by atoms with Crippen molar-refractivity contribution in [3.05, 3.63) is 29.8 Å². The SMILES string of the molecule is CC1(C)[C@@H](C(=O)O)[C@@H]1C(=O)Nc1ccccc1C(=O)N1CCOCC1. The fourth-order valence-corrected chi connectivity index (χ4v) is 3.51. The van der Waals surface area contributed by atoms with E-state index in [9.17, 15) is 19.5 Å². The van der Waals surface area contributed by atoms with Gasteiger partial charge in [-0.25, -0.2) is 0 Å². The van der Waals surface area contributed by atoms with Crippen LogP contribution in [-0.4, -0.2) is 54.1 Å². The van der Waals surface area contributed by atoms with Crippen LogP contribution in [0.15, 0.2) is 24.3 Å². The summed E-state index contributed by atoms with van der Waals surface area (Å²) in [5.41, 5.74) is 0.234. The minimum Gasteiger partial charge on any atom is -0.481 e. The number of anilines is 1. The molecule has 2 fully saturated rings. The number of morpholine rings is 1. The Labute approximate surface area is 146 Å². The van der Waals surface area contributed by atoms with Gasteiger partial charge >= 0.3 is 5.97 Å². The Morgan fingerprint density at radius 1 is 1.16 bits per heavy atom. The van der Waals surface area contributed by atoms with Crippen LogP contribution in [0, 0.1) is 17.3 Å². The molecule has 1 saturated carbocycles. The van der Waals surface area contributed by atoms with Crippen LogP contribution in [0.5, 0.6) is 0 Å². The second-order valence-corrected chi connectivity index (χ2v) is 7.05. The van der Waals surface area contributed by atoms with Crippen LogP contribution in [0.4, 0.5) is 5.69 Å². The van der Waals surface area contributed by atoms with Gasteiger partial charge < -0.3 is 20.1 Å². The van der Waals surface area contributed by atoms with E-state index in [0.29, 0.717) is 37.6 Å². The van der Waals surface area contributed by atoms with E-state index in [0.717, 1.165) is 0 Å². The summed E-state index contributed by atoms with van der Waals surface area (Å²) < 4.78 is 5.26. The summed E-state index contributed by atoms with van der Waals surface area (Å²) in [6.07, 6.45) is 0. The molecule has 1 aliphatic carbocycles. The van der Waals surface area contributed by atoms with Crippen LogP contribution >= 0.6 is 0 Å². The van der Waals surface area contributed by atoms with Crippen molar-refractivity contribution in [2.75, 3.05) is 31.6 Å². The molecule has 2 aliphatic rings. The molecule has 2 amide bonds. The van der Waals surface area contributed by atoms with Gasteiger partial charge in [-0.2, -0.15) is 0 Å². The van der Waals surface area contributed by atoms with Gasteiger partial charge in [0, 0.05) is 13.1 Å². The molecule has 1 saturated heterocycles. The van der Waals surface area contributed by atoms with Gasteiger partial charge in [0.05, 0.1) is 36.3 Å². The number of carbonyl (C=O) groups excluding carboxylic acids is 2. The first-order valence-corrected chi connectivity index (χ1v) is 8.33. The Bertz CT molecular complexity index is 709. The Balaban J connectivity index is 1.76. The third-order valence-corrected chi connectivity index (χ3v) is 5.09. The van der Waals surface area contributed by atoms with Gasteiger partial charge in [-0.1, -0.05) is 26.0 Å². The maximum absolute atomic E-state index is 12.7. The summed E-state index contributed by atoms with van der Waals surface area (Å²) in [6.45, 7) is 5.55. The highest BCUT2D eigenvalue weighted by molar-refractivity contribution is 6.06. The fourth-order valence-electron chi connectivity index (χ4n) is 3.51. The molecule has 1 aromatic carbocycles. The maximum atomic E-state index is 12.7. The van der Waals surface area contributed by atoms with Gasteiger partial charge in [0.15, 0.2) is 0 Å². The van der Waals surface area contributed by atoms with Crippen LogP contribution in [-0.2, 0) is 14.3 Å². The number of para-hydroxylation sites is 1. The third kappa shape index (κ3) is 3.24. The average Bonchev–Trinajstić information content (AvgIpc) is 3.18. The van der Waals surface area contributed by atoms with Crippen molar-refractivity contribution in [3.63, 3.8) is 0 Å². The molecule has 0 radical (unpaired) electrons. The van der Waals surface area contributed by atoms with Gasteiger partial charge in [-0.05, 0) is 17.5 Å². The van der Waals surface area contributed by atoms with E-state index in [1.807, 2.05) is 0 Å². The predicted molar refractivity (Wildman–Crippen MR) is 90.2 cm³/mol. The Morgan fingerprint density at radius 3 is 2.40 bits per heavy atom. The van der Waals surface area contributed by atoms with E-state index in [4.69, 9.17) is 4.74 Å². The van der Waals surface area contributed by atoms with Crippen molar-refractivity contribution in [1.29, 1.82) is 0 Å². The fraction of sp³-hybridized carbons (Fsp3) is 0.500. The molecule has 0 aromatic heterocycles. The molecule has 1 aromatic rings. The van der Waals surface area contributed by atoms with Crippen LogP contribution < -0.4 is 5.32 Å². The lowest BCUT2D eigenvalue weighted by molar-refractivity contribution is -0.140.